The molecule has 3 aromatic carbocycles. The number of fused-ring (bicyclic) bond motifs is 1. The Morgan fingerprint density at radius 1 is 0.867 bits per heavy atom. The summed E-state index contributed by atoms with van der Waals surface area (Å²) in [6.45, 7) is 3.87. The van der Waals surface area contributed by atoms with Crippen LogP contribution in [0, 0.1) is 17.6 Å². The molecule has 0 radical (unpaired) electrons. The van der Waals surface area contributed by atoms with Crippen molar-refractivity contribution >= 4 is 10.8 Å². The number of rotatable bonds is 3. The van der Waals surface area contributed by atoms with Crippen LogP contribution in [0.1, 0.15) is 42.7 Å². The lowest BCUT2D eigenvalue weighted by Crippen LogP contribution is -2.11. The van der Waals surface area contributed by atoms with Crippen molar-refractivity contribution in [3.8, 4) is 11.1 Å². The molecule has 0 N–H and O–H groups in total. The van der Waals surface area contributed by atoms with Gasteiger partial charge in [-0.3, -0.25) is 0 Å². The molecule has 0 aromatic heterocycles. The normalized spacial score (nSPS) is 19.8. The van der Waals surface area contributed by atoms with Gasteiger partial charge in [0.25, 0.3) is 0 Å². The first-order chi connectivity index (χ1) is 14.3. The second-order valence-corrected chi connectivity index (χ2v) is 7.95. The van der Waals surface area contributed by atoms with Crippen LogP contribution in [-0.2, 0) is 6.18 Å². The van der Waals surface area contributed by atoms with Crippen molar-refractivity contribution < 1.29 is 22.0 Å². The zero-order chi connectivity index (χ0) is 21.5. The second-order valence-electron chi connectivity index (χ2n) is 7.95. The highest BCUT2D eigenvalue weighted by molar-refractivity contribution is 5.89. The summed E-state index contributed by atoms with van der Waals surface area (Å²) in [5.41, 5.74) is -0.0397. The third kappa shape index (κ3) is 3.85. The lowest BCUT2D eigenvalue weighted by Gasteiger charge is -2.27. The monoisotopic (exact) mass is 416 g/mol. The fourth-order valence-electron chi connectivity index (χ4n) is 4.39. The Morgan fingerprint density at radius 3 is 2.23 bits per heavy atom. The molecular formula is C25H21F5. The van der Waals surface area contributed by atoms with Crippen molar-refractivity contribution in [1.82, 2.24) is 0 Å². The molecule has 0 amide bonds. The van der Waals surface area contributed by atoms with E-state index >= 15 is 4.39 Å². The Labute approximate surface area is 172 Å². The molecule has 0 spiro atoms. The van der Waals surface area contributed by atoms with Gasteiger partial charge in [-0.2, -0.15) is 13.2 Å². The van der Waals surface area contributed by atoms with E-state index in [1.165, 1.54) is 6.07 Å². The molecule has 156 valence electrons. The van der Waals surface area contributed by atoms with Crippen LogP contribution in [0.3, 0.4) is 0 Å². The first kappa shape index (κ1) is 20.6. The predicted molar refractivity (Wildman–Crippen MR) is 109 cm³/mol. The summed E-state index contributed by atoms with van der Waals surface area (Å²) in [7, 11) is 0. The lowest BCUT2D eigenvalue weighted by molar-refractivity contribution is -0.139. The Kier molecular flexibility index (Phi) is 5.39. The fraction of sp³-hybridized carbons (Fsp3) is 0.280. The van der Waals surface area contributed by atoms with E-state index in [1.54, 1.807) is 12.1 Å². The number of benzene rings is 3. The van der Waals surface area contributed by atoms with Crippen LogP contribution in [0.25, 0.3) is 21.9 Å². The summed E-state index contributed by atoms with van der Waals surface area (Å²) in [4.78, 5) is 0. The first-order valence-electron chi connectivity index (χ1n) is 9.99. The highest BCUT2D eigenvalue weighted by Crippen LogP contribution is 2.39. The third-order valence-electron chi connectivity index (χ3n) is 6.14. The fourth-order valence-corrected chi connectivity index (χ4v) is 4.39. The molecule has 1 aliphatic rings. The van der Waals surface area contributed by atoms with Gasteiger partial charge in [0.05, 0.1) is 5.56 Å². The number of halogens is 5. The van der Waals surface area contributed by atoms with E-state index in [0.29, 0.717) is 23.3 Å². The van der Waals surface area contributed by atoms with Gasteiger partial charge in [-0.25, -0.2) is 8.78 Å². The van der Waals surface area contributed by atoms with E-state index in [1.807, 2.05) is 18.2 Å². The van der Waals surface area contributed by atoms with E-state index < -0.39 is 23.4 Å². The molecule has 0 bridgehead atoms. The second kappa shape index (κ2) is 7.86. The molecule has 3 aromatic rings. The summed E-state index contributed by atoms with van der Waals surface area (Å²) in [6.07, 6.45) is 1.54. The maximum Gasteiger partial charge on any atom is 0.419 e. The largest absolute Gasteiger partial charge is 0.419 e. The van der Waals surface area contributed by atoms with Crippen LogP contribution in [0.5, 0.6) is 0 Å². The topological polar surface area (TPSA) is 0 Å². The summed E-state index contributed by atoms with van der Waals surface area (Å²) in [6, 6.07) is 11.3. The van der Waals surface area contributed by atoms with E-state index in [2.05, 4.69) is 6.58 Å². The van der Waals surface area contributed by atoms with Crippen LogP contribution in [0.15, 0.2) is 61.2 Å². The van der Waals surface area contributed by atoms with Gasteiger partial charge in [0.1, 0.15) is 11.6 Å². The molecule has 5 heteroatoms. The smallest absolute Gasteiger partial charge is 0.206 e. The maximum atomic E-state index is 15.1. The van der Waals surface area contributed by atoms with Crippen LogP contribution in [0.4, 0.5) is 22.0 Å². The number of alkyl halides is 3. The highest BCUT2D eigenvalue weighted by atomic mass is 19.4. The molecule has 30 heavy (non-hydrogen) atoms. The van der Waals surface area contributed by atoms with Crippen molar-refractivity contribution in [1.29, 1.82) is 0 Å². The average Bonchev–Trinajstić information content (AvgIpc) is 2.73. The summed E-state index contributed by atoms with van der Waals surface area (Å²) in [5, 5.41) is 1.10. The standard InChI is InChI=1S/C25H21F5/c1-2-15-3-5-16(6-4-15)17-7-10-20-18(13-17)8-11-21(24(20)27)19-9-12-22(23(26)14-19)25(28,29)30/h2,7-16H,1,3-6H2. The summed E-state index contributed by atoms with van der Waals surface area (Å²) >= 11 is 0. The van der Waals surface area contributed by atoms with Crippen molar-refractivity contribution in [3.63, 3.8) is 0 Å². The molecule has 1 fully saturated rings. The molecule has 0 aliphatic heterocycles. The molecule has 1 saturated carbocycles. The van der Waals surface area contributed by atoms with E-state index in [0.717, 1.165) is 48.8 Å². The van der Waals surface area contributed by atoms with Gasteiger partial charge >= 0.3 is 6.18 Å². The van der Waals surface area contributed by atoms with Gasteiger partial charge in [-0.15, -0.1) is 6.58 Å². The van der Waals surface area contributed by atoms with Crippen LogP contribution in [0.2, 0.25) is 0 Å². The molecule has 0 unspecified atom stereocenters. The molecule has 0 saturated heterocycles. The van der Waals surface area contributed by atoms with Gasteiger partial charge in [0.2, 0.25) is 0 Å². The molecule has 4 rings (SSSR count). The Bertz CT molecular complexity index is 1090. The van der Waals surface area contributed by atoms with Gasteiger partial charge < -0.3 is 0 Å². The minimum absolute atomic E-state index is 0.0757. The minimum atomic E-state index is -4.79. The minimum Gasteiger partial charge on any atom is -0.206 e. The zero-order valence-electron chi connectivity index (χ0n) is 16.3. The molecule has 0 nitrogen and oxygen atoms in total. The molecular weight excluding hydrogens is 395 g/mol. The quantitative estimate of drug-likeness (QED) is 0.298. The molecule has 0 atom stereocenters. The van der Waals surface area contributed by atoms with Gasteiger partial charge in [-0.1, -0.05) is 42.5 Å². The van der Waals surface area contributed by atoms with Crippen LogP contribution >= 0.6 is 0 Å². The Morgan fingerprint density at radius 2 is 1.60 bits per heavy atom. The van der Waals surface area contributed by atoms with Crippen LogP contribution < -0.4 is 0 Å². The zero-order valence-corrected chi connectivity index (χ0v) is 16.3. The maximum absolute atomic E-state index is 15.1. The number of hydrogen-bond donors (Lipinski definition) is 0. The van der Waals surface area contributed by atoms with Crippen LogP contribution in [-0.4, -0.2) is 0 Å². The van der Waals surface area contributed by atoms with E-state index in [4.69, 9.17) is 0 Å². The molecule has 1 aliphatic carbocycles. The lowest BCUT2D eigenvalue weighted by atomic mass is 9.78. The third-order valence-corrected chi connectivity index (χ3v) is 6.14. The van der Waals surface area contributed by atoms with E-state index in [9.17, 15) is 17.6 Å². The molecule has 0 heterocycles. The van der Waals surface area contributed by atoms with Crippen molar-refractivity contribution in [2.24, 2.45) is 5.92 Å². The Hall–Kier alpha value is -2.69. The Balaban J connectivity index is 1.67. The number of allylic oxidation sites excluding steroid dienone is 1. The number of hydrogen-bond acceptors (Lipinski definition) is 0. The van der Waals surface area contributed by atoms with Crippen molar-refractivity contribution in [2.75, 3.05) is 0 Å². The van der Waals surface area contributed by atoms with Gasteiger partial charge in [0, 0.05) is 10.9 Å². The average molecular weight is 416 g/mol. The van der Waals surface area contributed by atoms with Gasteiger partial charge in [-0.05, 0) is 66.2 Å². The van der Waals surface area contributed by atoms with Crippen molar-refractivity contribution in [2.45, 2.75) is 37.8 Å². The summed E-state index contributed by atoms with van der Waals surface area (Å²) in [5.74, 6) is -0.985. The van der Waals surface area contributed by atoms with E-state index in [-0.39, 0.29) is 11.1 Å². The first-order valence-corrected chi connectivity index (χ1v) is 9.99. The highest BCUT2D eigenvalue weighted by Gasteiger charge is 2.34. The van der Waals surface area contributed by atoms with Crippen molar-refractivity contribution in [3.05, 3.63) is 83.9 Å². The SMILES string of the molecule is C=CC1CCC(c2ccc3c(F)c(-c4ccc(C(F)(F)F)c(F)c4)ccc3c2)CC1. The predicted octanol–water partition coefficient (Wildman–Crippen LogP) is 8.26. The summed E-state index contributed by atoms with van der Waals surface area (Å²) < 4.78 is 67.4. The van der Waals surface area contributed by atoms with Gasteiger partial charge in [0.15, 0.2) is 0 Å².